The van der Waals surface area contributed by atoms with E-state index < -0.39 is 74.5 Å². The molecule has 2 saturated heterocycles. The van der Waals surface area contributed by atoms with Crippen LogP contribution >= 0.6 is 0 Å². The minimum atomic E-state index is -1.71. The summed E-state index contributed by atoms with van der Waals surface area (Å²) in [5, 5.41) is 64.7. The average Bonchev–Trinajstić information content (AvgIpc) is 3.14. The normalized spacial score (nSPS) is 31.6. The van der Waals surface area contributed by atoms with Gasteiger partial charge in [-0.3, -0.25) is 9.59 Å². The Morgan fingerprint density at radius 2 is 1.27 bits per heavy atom. The van der Waals surface area contributed by atoms with Crippen LogP contribution in [0.3, 0.4) is 0 Å². The van der Waals surface area contributed by atoms with Crippen molar-refractivity contribution in [3.8, 4) is 0 Å². The Balaban J connectivity index is 1.51. The van der Waals surface area contributed by atoms with E-state index in [2.05, 4.69) is 10.6 Å². The third-order valence-corrected chi connectivity index (χ3v) is 7.67. The Morgan fingerprint density at radius 3 is 1.77 bits per heavy atom. The monoisotopic (exact) mass is 700 g/mol. The molecule has 0 aromatic carbocycles. The van der Waals surface area contributed by atoms with Gasteiger partial charge in [0.2, 0.25) is 11.8 Å². The molecule has 18 heteroatoms. The number of aliphatic hydroxyl groups excluding tert-OH is 5. The first-order chi connectivity index (χ1) is 22.9. The lowest BCUT2D eigenvalue weighted by molar-refractivity contribution is -0.278. The summed E-state index contributed by atoms with van der Waals surface area (Å²) in [6.45, 7) is 5.78. The predicted octanol–water partition coefficient (Wildman–Crippen LogP) is -3.61. The average molecular weight is 701 g/mol. The summed E-state index contributed by atoms with van der Waals surface area (Å²) in [6.07, 6.45) is -6.65. The van der Waals surface area contributed by atoms with Crippen molar-refractivity contribution < 1.29 is 78.1 Å². The molecule has 2 heterocycles. The van der Waals surface area contributed by atoms with E-state index in [0.717, 1.165) is 0 Å². The first kappa shape index (κ1) is 42.5. The number of rotatable bonds is 23. The van der Waals surface area contributed by atoms with Crippen molar-refractivity contribution in [3.63, 3.8) is 0 Å². The van der Waals surface area contributed by atoms with Crippen LogP contribution in [-0.2, 0) is 47.5 Å². The van der Waals surface area contributed by atoms with Crippen molar-refractivity contribution in [3.05, 3.63) is 0 Å². The topological polar surface area (TPSA) is 253 Å². The molecule has 7 unspecified atom stereocenters. The van der Waals surface area contributed by atoms with Gasteiger partial charge in [-0.05, 0) is 0 Å². The Morgan fingerprint density at radius 1 is 0.771 bits per heavy atom. The molecule has 2 rings (SSSR count). The quantitative estimate of drug-likeness (QED) is 0.0479. The Hall–Kier alpha value is -1.62. The molecule has 18 nitrogen and oxygen atoms in total. The number of hydrogen-bond donors (Lipinski definition) is 8. The maximum Gasteiger partial charge on any atom is 0.217 e. The van der Waals surface area contributed by atoms with Crippen molar-refractivity contribution in [2.24, 2.45) is 5.92 Å². The molecule has 2 aliphatic rings. The number of ether oxygens (including phenoxy) is 8. The molecule has 0 aromatic heterocycles. The van der Waals surface area contributed by atoms with Crippen LogP contribution in [0.15, 0.2) is 0 Å². The fraction of sp³-hybridized carbons (Fsp3) is 0.933. The minimum absolute atomic E-state index is 0.00723. The molecule has 0 spiro atoms. The fourth-order valence-electron chi connectivity index (χ4n) is 5.21. The maximum absolute atomic E-state index is 11.6. The van der Waals surface area contributed by atoms with E-state index in [-0.39, 0.29) is 57.0 Å². The summed E-state index contributed by atoms with van der Waals surface area (Å²) in [4.78, 5) is 23.1. The Bertz CT molecular complexity index is 905. The lowest BCUT2D eigenvalue weighted by Gasteiger charge is -2.45. The SMILES string of the molecule is CC(=O)NC1CC(O)[C@@H](O)C(CO)O[C@H]1OCCOCCOCC(C)COCCOCCO[C@@H]1OC(CO)C(O)(CO)CC1NC(C)=O. The number of aliphatic hydroxyl groups is 6. The van der Waals surface area contributed by atoms with E-state index in [9.17, 15) is 40.2 Å². The van der Waals surface area contributed by atoms with E-state index in [0.29, 0.717) is 39.6 Å². The highest BCUT2D eigenvalue weighted by atomic mass is 16.7. The standard InChI is InChI=1S/C30H56N2O16/c1-19(16-43-6-4-41-8-10-45-28-22(31-20(2)36)12-24(38)27(39)25(14-33)47-28)17-44-7-5-42-9-11-46-29-23(32-21(3)37)13-30(40,18-35)26(15-34)48-29/h19,22-29,33-35,38-40H,4-18H2,1-3H3,(H,31,36)(H,32,37)/t19?,22?,23?,24?,25?,26?,27-,28-,29-,30?/m1/s1. The molecule has 0 saturated carbocycles. The molecule has 8 N–H and O–H groups in total. The van der Waals surface area contributed by atoms with Gasteiger partial charge in [-0.15, -0.1) is 0 Å². The summed E-state index contributed by atoms with van der Waals surface area (Å²) in [5.41, 5.74) is -1.71. The lowest BCUT2D eigenvalue weighted by Crippen LogP contribution is -2.63. The van der Waals surface area contributed by atoms with Crippen LogP contribution in [0.1, 0.15) is 33.6 Å². The molecular weight excluding hydrogens is 644 g/mol. The van der Waals surface area contributed by atoms with Crippen molar-refractivity contribution >= 4 is 11.8 Å². The van der Waals surface area contributed by atoms with Crippen LogP contribution < -0.4 is 10.6 Å². The van der Waals surface area contributed by atoms with Gasteiger partial charge in [-0.25, -0.2) is 0 Å². The van der Waals surface area contributed by atoms with Crippen LogP contribution in [0.2, 0.25) is 0 Å². The number of carbonyl (C=O) groups is 2. The van der Waals surface area contributed by atoms with Crippen LogP contribution in [0.25, 0.3) is 0 Å². The van der Waals surface area contributed by atoms with E-state index in [1.807, 2.05) is 6.92 Å². The van der Waals surface area contributed by atoms with Crippen molar-refractivity contribution in [2.45, 2.75) is 88.3 Å². The van der Waals surface area contributed by atoms with Gasteiger partial charge in [-0.1, -0.05) is 6.92 Å². The molecular formula is C30H56N2O16. The van der Waals surface area contributed by atoms with Crippen molar-refractivity contribution in [2.75, 3.05) is 85.9 Å². The van der Waals surface area contributed by atoms with E-state index >= 15 is 0 Å². The first-order valence-electron chi connectivity index (χ1n) is 16.2. The van der Waals surface area contributed by atoms with E-state index in [1.165, 1.54) is 13.8 Å². The van der Waals surface area contributed by atoms with Crippen molar-refractivity contribution in [1.29, 1.82) is 0 Å². The summed E-state index contributed by atoms with van der Waals surface area (Å²) in [5.74, 6) is -0.589. The molecule has 0 aromatic rings. The van der Waals surface area contributed by atoms with Gasteiger partial charge in [0.15, 0.2) is 12.6 Å². The summed E-state index contributed by atoms with van der Waals surface area (Å²) in [6, 6.07) is -1.44. The second-order valence-corrected chi connectivity index (χ2v) is 12.0. The Labute approximate surface area is 280 Å². The highest BCUT2D eigenvalue weighted by Crippen LogP contribution is 2.30. The number of amides is 2. The van der Waals surface area contributed by atoms with Gasteiger partial charge in [0, 0.05) is 32.6 Å². The summed E-state index contributed by atoms with van der Waals surface area (Å²) >= 11 is 0. The molecule has 2 aliphatic heterocycles. The maximum atomic E-state index is 11.6. The molecule has 2 amide bonds. The van der Waals surface area contributed by atoms with Gasteiger partial charge in [0.25, 0.3) is 0 Å². The highest BCUT2D eigenvalue weighted by Gasteiger charge is 2.48. The smallest absolute Gasteiger partial charge is 0.217 e. The molecule has 0 aliphatic carbocycles. The third-order valence-electron chi connectivity index (χ3n) is 7.67. The Kier molecular flexibility index (Phi) is 20.4. The van der Waals surface area contributed by atoms with Gasteiger partial charge in [0.05, 0.1) is 104 Å². The molecule has 2 fully saturated rings. The van der Waals surface area contributed by atoms with Crippen LogP contribution in [0.4, 0.5) is 0 Å². The van der Waals surface area contributed by atoms with E-state index in [4.69, 9.17) is 37.9 Å². The van der Waals surface area contributed by atoms with Crippen LogP contribution in [0, 0.1) is 5.92 Å². The van der Waals surface area contributed by atoms with Gasteiger partial charge >= 0.3 is 0 Å². The van der Waals surface area contributed by atoms with Gasteiger partial charge < -0.3 is 79.2 Å². The molecule has 0 bridgehead atoms. The number of carbonyl (C=O) groups excluding carboxylic acids is 2. The zero-order valence-corrected chi connectivity index (χ0v) is 28.1. The van der Waals surface area contributed by atoms with E-state index in [1.54, 1.807) is 0 Å². The zero-order valence-electron chi connectivity index (χ0n) is 28.1. The summed E-state index contributed by atoms with van der Waals surface area (Å²) in [7, 11) is 0. The number of hydrogen-bond acceptors (Lipinski definition) is 16. The van der Waals surface area contributed by atoms with Crippen LogP contribution in [-0.4, -0.2) is 183 Å². The van der Waals surface area contributed by atoms with Gasteiger partial charge in [-0.2, -0.15) is 0 Å². The number of nitrogens with one attached hydrogen (secondary N) is 2. The minimum Gasteiger partial charge on any atom is -0.394 e. The second-order valence-electron chi connectivity index (χ2n) is 12.0. The highest BCUT2D eigenvalue weighted by molar-refractivity contribution is 5.73. The second kappa shape index (κ2) is 23.0. The third kappa shape index (κ3) is 15.1. The molecule has 0 radical (unpaired) electrons. The molecule has 282 valence electrons. The zero-order chi connectivity index (χ0) is 35.5. The largest absolute Gasteiger partial charge is 0.394 e. The predicted molar refractivity (Wildman–Crippen MR) is 164 cm³/mol. The van der Waals surface area contributed by atoms with Crippen LogP contribution in [0.5, 0.6) is 0 Å². The molecule has 48 heavy (non-hydrogen) atoms. The van der Waals surface area contributed by atoms with Crippen molar-refractivity contribution in [1.82, 2.24) is 10.6 Å². The first-order valence-corrected chi connectivity index (χ1v) is 16.2. The van der Waals surface area contributed by atoms with Gasteiger partial charge in [0.1, 0.15) is 23.9 Å². The lowest BCUT2D eigenvalue weighted by atomic mass is 9.87. The fourth-order valence-corrected chi connectivity index (χ4v) is 5.21. The molecule has 10 atom stereocenters. The summed E-state index contributed by atoms with van der Waals surface area (Å²) < 4.78 is 44.9.